The van der Waals surface area contributed by atoms with Gasteiger partial charge >= 0.3 is 6.01 Å². The molecule has 0 unspecified atom stereocenters. The van der Waals surface area contributed by atoms with Crippen LogP contribution in [0.25, 0.3) is 32.9 Å². The number of benzene rings is 2. The molecule has 53 heavy (non-hydrogen) atoms. The number of fused-ring (bicyclic) bond motifs is 5. The van der Waals surface area contributed by atoms with E-state index in [1.165, 1.54) is 24.3 Å². The van der Waals surface area contributed by atoms with Crippen LogP contribution in [0, 0.1) is 24.0 Å². The highest BCUT2D eigenvalue weighted by Gasteiger charge is 2.50. The molecule has 0 amide bonds. The van der Waals surface area contributed by atoms with Gasteiger partial charge in [0.05, 0.1) is 29.2 Å². The average Bonchev–Trinajstić information content (AvgIpc) is 3.92. The summed E-state index contributed by atoms with van der Waals surface area (Å²) >= 11 is 0. The summed E-state index contributed by atoms with van der Waals surface area (Å²) in [6.45, 7) is 6.67. The van der Waals surface area contributed by atoms with Gasteiger partial charge in [0.15, 0.2) is 5.82 Å². The first-order valence-electron chi connectivity index (χ1n) is 18.3. The Kier molecular flexibility index (Phi) is 8.03. The number of terminal acetylenes is 1. The van der Waals surface area contributed by atoms with Crippen LogP contribution in [0.3, 0.4) is 0 Å². The van der Waals surface area contributed by atoms with Gasteiger partial charge in [0.1, 0.15) is 46.5 Å². The zero-order valence-corrected chi connectivity index (χ0v) is 29.7. The zero-order valence-electron chi connectivity index (χ0n) is 29.7. The molecular weight excluding hydrogens is 680 g/mol. The summed E-state index contributed by atoms with van der Waals surface area (Å²) in [6.07, 6.45) is 15.0. The van der Waals surface area contributed by atoms with Crippen molar-refractivity contribution in [2.24, 2.45) is 0 Å². The number of aromatic nitrogens is 6. The monoisotopic (exact) mass is 721 g/mol. The molecule has 4 fully saturated rings. The Morgan fingerprint density at radius 1 is 1.11 bits per heavy atom. The number of halogens is 2. The number of ether oxygens (including phenoxy) is 1. The lowest BCUT2D eigenvalue weighted by Gasteiger charge is -2.35. The average molecular weight is 722 g/mol. The van der Waals surface area contributed by atoms with E-state index in [1.807, 2.05) is 0 Å². The molecule has 7 heterocycles. The smallest absolute Gasteiger partial charge is 0.319 e. The number of phenols is 1. The Bertz CT molecular complexity index is 2290. The molecule has 4 aliphatic heterocycles. The molecule has 9 rings (SSSR count). The van der Waals surface area contributed by atoms with Crippen molar-refractivity contribution < 1.29 is 23.7 Å². The van der Waals surface area contributed by atoms with E-state index < -0.39 is 17.2 Å². The molecule has 3 N–H and O–H groups in total. The van der Waals surface area contributed by atoms with Crippen molar-refractivity contribution in [3.05, 3.63) is 59.6 Å². The maximum absolute atomic E-state index is 17.0. The summed E-state index contributed by atoms with van der Waals surface area (Å²) in [7, 11) is 0. The van der Waals surface area contributed by atoms with Crippen LogP contribution in [0.4, 0.5) is 14.6 Å². The highest BCUT2D eigenvalue weighted by atomic mass is 19.1. The van der Waals surface area contributed by atoms with Gasteiger partial charge in [-0.05, 0) is 82.5 Å². The number of phenolic OH excluding ortho intramolecular Hbond substituents is 1. The number of pyridine rings is 1. The first-order valence-corrected chi connectivity index (χ1v) is 18.3. The highest BCUT2D eigenvalue weighted by Crippen LogP contribution is 2.44. The third kappa shape index (κ3) is 5.82. The van der Waals surface area contributed by atoms with E-state index >= 15 is 4.39 Å². The molecule has 2 aromatic carbocycles. The lowest BCUT2D eigenvalue weighted by Crippen LogP contribution is -2.51. The van der Waals surface area contributed by atoms with Crippen molar-refractivity contribution in [1.29, 1.82) is 0 Å². The van der Waals surface area contributed by atoms with Crippen molar-refractivity contribution in [2.45, 2.75) is 88.2 Å². The number of aromatic hydroxyl groups is 1. The number of aliphatic hydroxyl groups is 1. The minimum Gasteiger partial charge on any atom is -0.508 e. The Balaban J connectivity index is 1.08. The fourth-order valence-corrected chi connectivity index (χ4v) is 9.13. The summed E-state index contributed by atoms with van der Waals surface area (Å²) in [4.78, 5) is 18.8. The second kappa shape index (κ2) is 12.6. The van der Waals surface area contributed by atoms with Gasteiger partial charge in [0.25, 0.3) is 0 Å². The molecule has 4 aliphatic rings. The van der Waals surface area contributed by atoms with Crippen LogP contribution < -0.4 is 15.0 Å². The van der Waals surface area contributed by atoms with Crippen LogP contribution >= 0.6 is 0 Å². The van der Waals surface area contributed by atoms with Crippen molar-refractivity contribution >= 4 is 27.5 Å². The van der Waals surface area contributed by atoms with Crippen molar-refractivity contribution in [1.82, 2.24) is 40.2 Å². The first kappa shape index (κ1) is 33.8. The van der Waals surface area contributed by atoms with Gasteiger partial charge in [-0.25, -0.2) is 8.78 Å². The van der Waals surface area contributed by atoms with Crippen molar-refractivity contribution in [3.8, 4) is 35.4 Å². The lowest BCUT2D eigenvalue weighted by atomic mass is 9.95. The van der Waals surface area contributed by atoms with E-state index in [0.29, 0.717) is 60.6 Å². The number of nitrogens with one attached hydrogen (secondary N) is 1. The van der Waals surface area contributed by atoms with E-state index in [0.717, 1.165) is 45.1 Å². The normalized spacial score (nSPS) is 24.3. The number of piperazine rings is 1. The summed E-state index contributed by atoms with van der Waals surface area (Å²) in [6, 6.07) is 6.41. The molecule has 0 aliphatic carbocycles. The van der Waals surface area contributed by atoms with E-state index in [1.54, 1.807) is 30.9 Å². The van der Waals surface area contributed by atoms with E-state index in [9.17, 15) is 14.6 Å². The Hall–Kier alpha value is -4.97. The molecular formula is C39H41F2N9O3. The molecule has 3 aromatic heterocycles. The fraction of sp³-hybridized carbons (Fsp3) is 0.462. The molecule has 12 nitrogen and oxygen atoms in total. The lowest BCUT2D eigenvalue weighted by molar-refractivity contribution is 0.0734. The molecule has 4 atom stereocenters. The van der Waals surface area contributed by atoms with Gasteiger partial charge in [-0.2, -0.15) is 9.97 Å². The number of hydrogen-bond acceptors (Lipinski definition) is 11. The Morgan fingerprint density at radius 3 is 2.68 bits per heavy atom. The van der Waals surface area contributed by atoms with Crippen LogP contribution in [0.2, 0.25) is 0 Å². The third-order valence-corrected chi connectivity index (χ3v) is 11.7. The largest absolute Gasteiger partial charge is 0.508 e. The van der Waals surface area contributed by atoms with E-state index in [-0.39, 0.29) is 51.1 Å². The Labute approximate surface area is 305 Å². The number of hydrogen-bond donors (Lipinski definition) is 3. The maximum atomic E-state index is 17.0. The van der Waals surface area contributed by atoms with Crippen molar-refractivity contribution in [3.63, 3.8) is 0 Å². The predicted molar refractivity (Wildman–Crippen MR) is 194 cm³/mol. The molecule has 0 radical (unpaired) electrons. The summed E-state index contributed by atoms with van der Waals surface area (Å²) in [5.41, 5.74) is -0.758. The molecule has 2 bridgehead atoms. The van der Waals surface area contributed by atoms with Crippen LogP contribution in [-0.2, 0) is 12.1 Å². The van der Waals surface area contributed by atoms with Gasteiger partial charge in [-0.1, -0.05) is 17.2 Å². The molecule has 5 aromatic rings. The fourth-order valence-electron chi connectivity index (χ4n) is 9.13. The van der Waals surface area contributed by atoms with E-state index in [4.69, 9.17) is 16.1 Å². The number of nitrogens with zero attached hydrogens (tertiary/aromatic N) is 8. The third-order valence-electron chi connectivity index (χ3n) is 11.7. The second-order valence-electron chi connectivity index (χ2n) is 15.6. The van der Waals surface area contributed by atoms with Crippen molar-refractivity contribution in [2.75, 3.05) is 31.1 Å². The number of anilines is 1. The van der Waals surface area contributed by atoms with Crippen LogP contribution in [0.1, 0.15) is 63.6 Å². The van der Waals surface area contributed by atoms with Gasteiger partial charge in [0, 0.05) is 48.4 Å². The first-order chi connectivity index (χ1) is 25.5. The van der Waals surface area contributed by atoms with E-state index in [2.05, 4.69) is 41.3 Å². The van der Waals surface area contributed by atoms with Gasteiger partial charge < -0.3 is 25.2 Å². The van der Waals surface area contributed by atoms with Gasteiger partial charge in [0.2, 0.25) is 0 Å². The van der Waals surface area contributed by atoms with Gasteiger partial charge in [-0.15, -0.1) is 11.5 Å². The number of rotatable bonds is 8. The molecule has 14 heteroatoms. The van der Waals surface area contributed by atoms with Crippen LogP contribution in [0.5, 0.6) is 11.8 Å². The maximum Gasteiger partial charge on any atom is 0.319 e. The summed E-state index contributed by atoms with van der Waals surface area (Å²) < 4.78 is 40.3. The highest BCUT2D eigenvalue weighted by molar-refractivity contribution is 6.03. The minimum atomic E-state index is -1.07. The second-order valence-corrected chi connectivity index (χ2v) is 15.6. The minimum absolute atomic E-state index is 0.0231. The molecule has 274 valence electrons. The topological polar surface area (TPSA) is 138 Å². The standard InChI is InChI=1S/C39H41F2N9O3/c1-4-27-30(40)9-6-22-14-26(51)15-28(32(22)27)34-33(41)35-29(16-42-34)36(48-17-23-7-8-24(18-48)43-23)45-37(44-35)53-21-39-11-5-13-50(39)25(10-12-39)19-49-20-31(46-47-49)38(2,3)52/h1,6,9,14-16,20,23-25,43,51-52H,5,7-8,10-13,17-19,21H2,2-3H3/t23-,24+,25-,39-/m1/s1. The molecule has 0 saturated carbocycles. The van der Waals surface area contributed by atoms with Crippen LogP contribution in [0.15, 0.2) is 36.7 Å². The zero-order chi connectivity index (χ0) is 36.6. The molecule has 4 saturated heterocycles. The molecule has 0 spiro atoms. The van der Waals surface area contributed by atoms with Crippen LogP contribution in [-0.4, -0.2) is 95.0 Å². The summed E-state index contributed by atoms with van der Waals surface area (Å²) in [5.74, 6) is 1.44. The quantitative estimate of drug-likeness (QED) is 0.193. The summed E-state index contributed by atoms with van der Waals surface area (Å²) in [5, 5.41) is 34.3. The van der Waals surface area contributed by atoms with Gasteiger partial charge in [-0.3, -0.25) is 14.6 Å². The Morgan fingerprint density at radius 2 is 1.92 bits per heavy atom. The SMILES string of the molecule is C#Cc1c(F)ccc2cc(O)cc(-c3ncc4c(N5C[C@H]6CC[C@@H](C5)N6)nc(OC[C@]56CCCN5[C@@H](Cn5cc(C(C)(C)O)nn5)CC6)nc4c3F)c12. The predicted octanol–water partition coefficient (Wildman–Crippen LogP) is 4.65.